The fraction of sp³-hybridized carbons (Fsp3) is 0.857. The van der Waals surface area contributed by atoms with Crippen molar-refractivity contribution in [1.82, 2.24) is 10.2 Å². The fourth-order valence-electron chi connectivity index (χ4n) is 3.24. The van der Waals surface area contributed by atoms with Crippen molar-refractivity contribution in [2.45, 2.75) is 38.5 Å². The van der Waals surface area contributed by atoms with Crippen molar-refractivity contribution < 1.29 is 14.7 Å². The van der Waals surface area contributed by atoms with E-state index in [1.165, 1.54) is 0 Å². The first kappa shape index (κ1) is 14.3. The molecule has 2 fully saturated rings. The van der Waals surface area contributed by atoms with Gasteiger partial charge in [0.15, 0.2) is 0 Å². The Kier molecular flexibility index (Phi) is 4.45. The number of carboxylic acid groups (broad SMARTS) is 1. The van der Waals surface area contributed by atoms with Crippen LogP contribution in [-0.2, 0) is 9.59 Å². The van der Waals surface area contributed by atoms with Crippen molar-refractivity contribution in [2.75, 3.05) is 26.7 Å². The van der Waals surface area contributed by atoms with Crippen molar-refractivity contribution in [3.63, 3.8) is 0 Å². The largest absolute Gasteiger partial charge is 0.481 e. The van der Waals surface area contributed by atoms with E-state index in [-0.39, 0.29) is 11.8 Å². The zero-order valence-electron chi connectivity index (χ0n) is 11.7. The summed E-state index contributed by atoms with van der Waals surface area (Å²) in [6, 6.07) is 0. The lowest BCUT2D eigenvalue weighted by Crippen LogP contribution is -2.46. The molecular formula is C14H24N2O3. The molecule has 1 unspecified atom stereocenters. The average molecular weight is 268 g/mol. The predicted octanol–water partition coefficient (Wildman–Crippen LogP) is 1.09. The number of rotatable bonds is 4. The average Bonchev–Trinajstić information content (AvgIpc) is 2.83. The van der Waals surface area contributed by atoms with E-state index in [9.17, 15) is 14.7 Å². The number of aliphatic carboxylic acids is 1. The Balaban J connectivity index is 1.88. The van der Waals surface area contributed by atoms with Crippen LogP contribution in [0.1, 0.15) is 38.5 Å². The number of nitrogens with zero attached hydrogens (tertiary/aromatic N) is 1. The van der Waals surface area contributed by atoms with Crippen molar-refractivity contribution in [3.05, 3.63) is 0 Å². The van der Waals surface area contributed by atoms with E-state index in [1.807, 2.05) is 7.05 Å². The van der Waals surface area contributed by atoms with Gasteiger partial charge in [-0.3, -0.25) is 9.59 Å². The van der Waals surface area contributed by atoms with Gasteiger partial charge in [-0.05, 0) is 32.9 Å². The molecule has 1 saturated heterocycles. The van der Waals surface area contributed by atoms with E-state index >= 15 is 0 Å². The van der Waals surface area contributed by atoms with E-state index in [4.69, 9.17) is 0 Å². The minimum atomic E-state index is -0.754. The second kappa shape index (κ2) is 5.90. The van der Waals surface area contributed by atoms with Gasteiger partial charge in [0, 0.05) is 13.1 Å². The molecule has 0 aromatic rings. The van der Waals surface area contributed by atoms with Crippen LogP contribution in [0.2, 0.25) is 0 Å². The van der Waals surface area contributed by atoms with Gasteiger partial charge in [0.25, 0.3) is 0 Å². The number of hydrogen-bond acceptors (Lipinski definition) is 3. The van der Waals surface area contributed by atoms with Gasteiger partial charge in [-0.25, -0.2) is 0 Å². The lowest BCUT2D eigenvalue weighted by Gasteiger charge is -2.33. The summed E-state index contributed by atoms with van der Waals surface area (Å²) in [6.07, 6.45) is 5.27. The highest BCUT2D eigenvalue weighted by molar-refractivity contribution is 5.81. The van der Waals surface area contributed by atoms with E-state index in [2.05, 4.69) is 10.2 Å². The molecule has 2 N–H and O–H groups in total. The van der Waals surface area contributed by atoms with Crippen LogP contribution in [-0.4, -0.2) is 48.6 Å². The number of likely N-dealkylation sites (tertiary alicyclic amines) is 1. The quantitative estimate of drug-likeness (QED) is 0.801. The SMILES string of the molecule is CN1CCC(C(=O)NCC2(C(=O)O)CCCCC2)C1. The van der Waals surface area contributed by atoms with Gasteiger partial charge in [-0.15, -0.1) is 0 Å². The van der Waals surface area contributed by atoms with Gasteiger partial charge in [0.05, 0.1) is 11.3 Å². The van der Waals surface area contributed by atoms with Crippen LogP contribution in [0.25, 0.3) is 0 Å². The number of carbonyl (C=O) groups excluding carboxylic acids is 1. The van der Waals surface area contributed by atoms with Crippen LogP contribution in [0.4, 0.5) is 0 Å². The Morgan fingerprint density at radius 3 is 2.53 bits per heavy atom. The first-order chi connectivity index (χ1) is 9.03. The molecule has 0 aromatic carbocycles. The third kappa shape index (κ3) is 3.26. The number of carboxylic acids is 1. The molecule has 1 aliphatic heterocycles. The molecule has 1 amide bonds. The number of amides is 1. The Morgan fingerprint density at radius 1 is 1.32 bits per heavy atom. The van der Waals surface area contributed by atoms with Crippen LogP contribution in [0.3, 0.4) is 0 Å². The predicted molar refractivity (Wildman–Crippen MR) is 71.8 cm³/mol. The van der Waals surface area contributed by atoms with E-state index < -0.39 is 11.4 Å². The number of carbonyl (C=O) groups is 2. The standard InChI is InChI=1S/C14H24N2O3/c1-16-8-5-11(9-16)12(17)15-10-14(13(18)19)6-3-2-4-7-14/h11H,2-10H2,1H3,(H,15,17)(H,18,19). The van der Waals surface area contributed by atoms with Gasteiger partial charge >= 0.3 is 5.97 Å². The highest BCUT2D eigenvalue weighted by Gasteiger charge is 2.40. The van der Waals surface area contributed by atoms with Crippen molar-refractivity contribution in [1.29, 1.82) is 0 Å². The monoisotopic (exact) mass is 268 g/mol. The maximum atomic E-state index is 12.1. The fourth-order valence-corrected chi connectivity index (χ4v) is 3.24. The molecule has 0 spiro atoms. The van der Waals surface area contributed by atoms with Crippen LogP contribution >= 0.6 is 0 Å². The molecular weight excluding hydrogens is 244 g/mol. The van der Waals surface area contributed by atoms with Gasteiger partial charge in [0.2, 0.25) is 5.91 Å². The summed E-state index contributed by atoms with van der Waals surface area (Å²) >= 11 is 0. The van der Waals surface area contributed by atoms with Crippen LogP contribution in [0.5, 0.6) is 0 Å². The summed E-state index contributed by atoms with van der Waals surface area (Å²) in [5, 5.41) is 12.3. The van der Waals surface area contributed by atoms with Crippen LogP contribution in [0, 0.1) is 11.3 Å². The van der Waals surface area contributed by atoms with Crippen molar-refractivity contribution in [3.8, 4) is 0 Å². The van der Waals surface area contributed by atoms with Gasteiger partial charge in [-0.2, -0.15) is 0 Å². The summed E-state index contributed by atoms with van der Waals surface area (Å²) in [7, 11) is 2.01. The van der Waals surface area contributed by atoms with Crippen molar-refractivity contribution >= 4 is 11.9 Å². The number of nitrogens with one attached hydrogen (secondary N) is 1. The third-order valence-corrected chi connectivity index (χ3v) is 4.63. The minimum Gasteiger partial charge on any atom is -0.481 e. The Morgan fingerprint density at radius 2 is 2.00 bits per heavy atom. The summed E-state index contributed by atoms with van der Waals surface area (Å²) < 4.78 is 0. The van der Waals surface area contributed by atoms with Crippen LogP contribution < -0.4 is 5.32 Å². The van der Waals surface area contributed by atoms with E-state index in [0.29, 0.717) is 19.4 Å². The van der Waals surface area contributed by atoms with Gasteiger partial charge in [-0.1, -0.05) is 19.3 Å². The molecule has 1 heterocycles. The molecule has 5 nitrogen and oxygen atoms in total. The molecule has 19 heavy (non-hydrogen) atoms. The minimum absolute atomic E-state index is 0.0237. The molecule has 0 bridgehead atoms. The third-order valence-electron chi connectivity index (χ3n) is 4.63. The molecule has 0 aromatic heterocycles. The first-order valence-corrected chi connectivity index (χ1v) is 7.23. The maximum Gasteiger partial charge on any atom is 0.311 e. The maximum absolute atomic E-state index is 12.1. The molecule has 108 valence electrons. The molecule has 1 atom stereocenters. The Hall–Kier alpha value is -1.10. The molecule has 2 aliphatic rings. The lowest BCUT2D eigenvalue weighted by atomic mass is 9.74. The molecule has 5 heteroatoms. The zero-order chi connectivity index (χ0) is 13.9. The topological polar surface area (TPSA) is 69.6 Å². The second-order valence-corrected chi connectivity index (χ2v) is 6.11. The smallest absolute Gasteiger partial charge is 0.311 e. The summed E-state index contributed by atoms with van der Waals surface area (Å²) in [4.78, 5) is 25.7. The van der Waals surface area contributed by atoms with Gasteiger partial charge in [0.1, 0.15) is 0 Å². The summed E-state index contributed by atoms with van der Waals surface area (Å²) in [6.45, 7) is 2.02. The zero-order valence-corrected chi connectivity index (χ0v) is 11.7. The molecule has 1 aliphatic carbocycles. The van der Waals surface area contributed by atoms with E-state index in [1.54, 1.807) is 0 Å². The molecule has 2 rings (SSSR count). The summed E-state index contributed by atoms with van der Waals surface area (Å²) in [5.41, 5.74) is -0.724. The molecule has 1 saturated carbocycles. The Bertz CT molecular complexity index is 351. The normalized spacial score (nSPS) is 27.1. The second-order valence-electron chi connectivity index (χ2n) is 6.11. The van der Waals surface area contributed by atoms with E-state index in [0.717, 1.165) is 38.8 Å². The van der Waals surface area contributed by atoms with Crippen LogP contribution in [0.15, 0.2) is 0 Å². The first-order valence-electron chi connectivity index (χ1n) is 7.23. The number of hydrogen-bond donors (Lipinski definition) is 2. The lowest BCUT2D eigenvalue weighted by molar-refractivity contribution is -0.151. The van der Waals surface area contributed by atoms with Gasteiger partial charge < -0.3 is 15.3 Å². The Labute approximate surface area is 114 Å². The summed E-state index contributed by atoms with van der Waals surface area (Å²) in [5.74, 6) is -0.703. The highest BCUT2D eigenvalue weighted by atomic mass is 16.4. The van der Waals surface area contributed by atoms with Crippen molar-refractivity contribution in [2.24, 2.45) is 11.3 Å². The highest BCUT2D eigenvalue weighted by Crippen LogP contribution is 2.36. The molecule has 0 radical (unpaired) electrons.